The Labute approximate surface area is 84.8 Å². The largest absolute Gasteiger partial charge is 0.480 e. The fraction of sp³-hybridized carbons (Fsp3) is 0.750. The van der Waals surface area contributed by atoms with Crippen LogP contribution in [0.1, 0.15) is 6.42 Å². The Morgan fingerprint density at radius 3 is 2.60 bits per heavy atom. The number of carboxylic acid groups (broad SMARTS) is 1. The van der Waals surface area contributed by atoms with Gasteiger partial charge >= 0.3 is 5.97 Å². The van der Waals surface area contributed by atoms with E-state index in [4.69, 9.17) is 26.3 Å². The third kappa shape index (κ3) is 1.17. The Morgan fingerprint density at radius 1 is 1.60 bits per heavy atom. The van der Waals surface area contributed by atoms with Gasteiger partial charge in [0.15, 0.2) is 6.29 Å². The van der Waals surface area contributed by atoms with Crippen LogP contribution in [0.15, 0.2) is 5.16 Å². The zero-order valence-corrected chi connectivity index (χ0v) is 7.74. The van der Waals surface area contributed by atoms with E-state index in [0.29, 0.717) is 0 Å². The molecule has 7 nitrogen and oxygen atoms in total. The van der Waals surface area contributed by atoms with Gasteiger partial charge in [0.05, 0.1) is 5.71 Å². The highest BCUT2D eigenvalue weighted by Gasteiger charge is 2.72. The number of carbonyl (C=O) groups is 1. The average Bonchev–Trinajstić information content (AvgIpc) is 2.82. The van der Waals surface area contributed by atoms with Crippen molar-refractivity contribution >= 4 is 11.7 Å². The van der Waals surface area contributed by atoms with Crippen LogP contribution in [0.5, 0.6) is 0 Å². The van der Waals surface area contributed by atoms with E-state index in [9.17, 15) is 4.79 Å². The molecule has 0 radical (unpaired) electrons. The molecule has 4 atom stereocenters. The molecule has 2 aliphatic carbocycles. The number of nitrogens with zero attached hydrogens (tertiary/aromatic N) is 1. The van der Waals surface area contributed by atoms with Crippen molar-refractivity contribution < 1.29 is 25.3 Å². The predicted octanol–water partition coefficient (Wildman–Crippen LogP) is -1.82. The molecule has 0 aromatic rings. The fourth-order valence-electron chi connectivity index (χ4n) is 2.65. The Balaban J connectivity index is 2.30. The van der Waals surface area contributed by atoms with Gasteiger partial charge in [-0.05, 0) is 0 Å². The summed E-state index contributed by atoms with van der Waals surface area (Å²) in [6, 6.07) is 0. The lowest BCUT2D eigenvalue weighted by molar-refractivity contribution is -0.144. The summed E-state index contributed by atoms with van der Waals surface area (Å²) in [4.78, 5) is 11.0. The number of hydrogen-bond acceptors (Lipinski definition) is 6. The maximum absolute atomic E-state index is 11.0. The number of rotatable bonds is 2. The number of hydrogen-bond donors (Lipinski definition) is 5. The van der Waals surface area contributed by atoms with Crippen molar-refractivity contribution in [1.82, 2.24) is 0 Å². The number of aliphatic hydroxyl groups is 2. The number of fused-ring (bicyclic) bond motifs is 1. The maximum Gasteiger partial charge on any atom is 0.324 e. The summed E-state index contributed by atoms with van der Waals surface area (Å²) in [6.07, 6.45) is -1.67. The van der Waals surface area contributed by atoms with Crippen LogP contribution in [-0.2, 0) is 4.79 Å². The van der Waals surface area contributed by atoms with E-state index in [0.717, 1.165) is 0 Å². The molecular formula is C8H12N2O5. The predicted molar refractivity (Wildman–Crippen MR) is 47.1 cm³/mol. The van der Waals surface area contributed by atoms with Gasteiger partial charge in [0.1, 0.15) is 5.54 Å². The number of aliphatic carboxylic acids is 1. The van der Waals surface area contributed by atoms with Crippen LogP contribution >= 0.6 is 0 Å². The molecule has 7 heteroatoms. The number of aliphatic hydroxyl groups excluding tert-OH is 1. The third-order valence-corrected chi connectivity index (χ3v) is 3.40. The van der Waals surface area contributed by atoms with E-state index < -0.39 is 35.6 Å². The highest BCUT2D eigenvalue weighted by molar-refractivity contribution is 6.01. The van der Waals surface area contributed by atoms with Gasteiger partial charge in [-0.2, -0.15) is 0 Å². The van der Waals surface area contributed by atoms with E-state index in [1.165, 1.54) is 0 Å². The van der Waals surface area contributed by atoms with Crippen LogP contribution in [0.3, 0.4) is 0 Å². The van der Waals surface area contributed by atoms with E-state index in [1.54, 1.807) is 0 Å². The highest BCUT2D eigenvalue weighted by atomic mass is 16.5. The molecule has 0 aromatic carbocycles. The third-order valence-electron chi connectivity index (χ3n) is 3.40. The maximum atomic E-state index is 11.0. The summed E-state index contributed by atoms with van der Waals surface area (Å²) in [5.74, 6) is -2.82. The molecule has 0 spiro atoms. The van der Waals surface area contributed by atoms with Crippen LogP contribution in [0.4, 0.5) is 0 Å². The normalized spacial score (nSPS) is 45.9. The molecule has 15 heavy (non-hydrogen) atoms. The van der Waals surface area contributed by atoms with E-state index >= 15 is 0 Å². The molecule has 84 valence electrons. The average molecular weight is 216 g/mol. The second-order valence-electron chi connectivity index (χ2n) is 4.16. The van der Waals surface area contributed by atoms with Gasteiger partial charge in [-0.1, -0.05) is 5.16 Å². The molecule has 0 amide bonds. The number of carboxylic acids is 1. The zero-order chi connectivity index (χ0) is 11.4. The standard InChI is InChI=1S/C8H12N2O5/c9-8(7(13)14)1-2(10-15)3-4(5(3)8)6(11)12/h3-6,11-12,15H,1,9H2,(H,13,14)/b10-2+. The van der Waals surface area contributed by atoms with Crippen LogP contribution in [-0.4, -0.2) is 44.0 Å². The lowest BCUT2D eigenvalue weighted by Crippen LogP contribution is -2.50. The van der Waals surface area contributed by atoms with E-state index in [2.05, 4.69) is 5.16 Å². The molecule has 0 aliphatic heterocycles. The number of nitrogens with two attached hydrogens (primary N) is 1. The molecule has 2 saturated carbocycles. The second kappa shape index (κ2) is 2.91. The summed E-state index contributed by atoms with van der Waals surface area (Å²) in [5, 5.41) is 38.6. The van der Waals surface area contributed by atoms with Crippen molar-refractivity contribution in [2.75, 3.05) is 0 Å². The second-order valence-corrected chi connectivity index (χ2v) is 4.16. The summed E-state index contributed by atoms with van der Waals surface area (Å²) in [6.45, 7) is 0. The minimum atomic E-state index is -1.63. The van der Waals surface area contributed by atoms with Crippen molar-refractivity contribution in [2.45, 2.75) is 18.2 Å². The molecule has 2 aliphatic rings. The lowest BCUT2D eigenvalue weighted by Gasteiger charge is -2.22. The van der Waals surface area contributed by atoms with Gasteiger partial charge in [-0.15, -0.1) is 0 Å². The first-order chi connectivity index (χ1) is 6.93. The molecule has 2 rings (SSSR count). The fourth-order valence-corrected chi connectivity index (χ4v) is 2.65. The smallest absolute Gasteiger partial charge is 0.324 e. The summed E-state index contributed by atoms with van der Waals surface area (Å²) < 4.78 is 0. The molecule has 2 fully saturated rings. The molecule has 0 bridgehead atoms. The Kier molecular flexibility index (Phi) is 2.00. The van der Waals surface area contributed by atoms with Gasteiger partial charge in [0.2, 0.25) is 0 Å². The monoisotopic (exact) mass is 216 g/mol. The van der Waals surface area contributed by atoms with Crippen LogP contribution in [0.25, 0.3) is 0 Å². The van der Waals surface area contributed by atoms with Crippen LogP contribution in [0.2, 0.25) is 0 Å². The first-order valence-electron chi connectivity index (χ1n) is 4.52. The minimum absolute atomic E-state index is 0.0443. The van der Waals surface area contributed by atoms with Gasteiger partial charge in [0, 0.05) is 24.2 Å². The first-order valence-corrected chi connectivity index (χ1v) is 4.52. The van der Waals surface area contributed by atoms with E-state index in [1.807, 2.05) is 0 Å². The first kappa shape index (κ1) is 10.3. The van der Waals surface area contributed by atoms with Crippen molar-refractivity contribution in [3.05, 3.63) is 0 Å². The quantitative estimate of drug-likeness (QED) is 0.209. The SMILES string of the molecule is NC1(C(=O)O)C/C(=N\O)C2C(C(O)O)C21. The minimum Gasteiger partial charge on any atom is -0.480 e. The van der Waals surface area contributed by atoms with Crippen molar-refractivity contribution in [2.24, 2.45) is 28.6 Å². The van der Waals surface area contributed by atoms with Crippen molar-refractivity contribution in [1.29, 1.82) is 0 Å². The van der Waals surface area contributed by atoms with Crippen LogP contribution < -0.4 is 5.73 Å². The summed E-state index contributed by atoms with van der Waals surface area (Å²) in [7, 11) is 0. The number of oxime groups is 1. The van der Waals surface area contributed by atoms with Gasteiger partial charge < -0.3 is 26.3 Å². The van der Waals surface area contributed by atoms with Crippen molar-refractivity contribution in [3.63, 3.8) is 0 Å². The zero-order valence-electron chi connectivity index (χ0n) is 7.74. The molecule has 6 N–H and O–H groups in total. The van der Waals surface area contributed by atoms with Gasteiger partial charge in [-0.25, -0.2) is 0 Å². The lowest BCUT2D eigenvalue weighted by atomic mass is 9.91. The summed E-state index contributed by atoms with van der Waals surface area (Å²) >= 11 is 0. The topological polar surface area (TPSA) is 136 Å². The Bertz CT molecular complexity index is 342. The van der Waals surface area contributed by atoms with Crippen LogP contribution in [0, 0.1) is 17.8 Å². The van der Waals surface area contributed by atoms with Gasteiger partial charge in [-0.3, -0.25) is 4.79 Å². The summed E-state index contributed by atoms with van der Waals surface area (Å²) in [5.41, 5.74) is 4.37. The molecular weight excluding hydrogens is 204 g/mol. The Hall–Kier alpha value is -1.18. The molecule has 4 unspecified atom stereocenters. The highest BCUT2D eigenvalue weighted by Crippen LogP contribution is 2.60. The molecule has 0 saturated heterocycles. The van der Waals surface area contributed by atoms with Gasteiger partial charge in [0.25, 0.3) is 0 Å². The van der Waals surface area contributed by atoms with E-state index in [-0.39, 0.29) is 12.1 Å². The Morgan fingerprint density at radius 2 is 2.20 bits per heavy atom. The molecule has 0 aromatic heterocycles. The molecule has 0 heterocycles. The van der Waals surface area contributed by atoms with Crippen molar-refractivity contribution in [3.8, 4) is 0 Å².